The number of alkyl carbamates (subject to hydrolysis) is 2. The van der Waals surface area contributed by atoms with Crippen LogP contribution in [0.4, 0.5) is 9.59 Å². The number of imide groups is 1. The molecule has 126 valence electrons. The van der Waals surface area contributed by atoms with Crippen molar-refractivity contribution in [2.75, 3.05) is 0 Å². The summed E-state index contributed by atoms with van der Waals surface area (Å²) >= 11 is 5.10. The van der Waals surface area contributed by atoms with Crippen LogP contribution in [0.3, 0.4) is 0 Å². The van der Waals surface area contributed by atoms with E-state index in [0.717, 1.165) is 0 Å². The summed E-state index contributed by atoms with van der Waals surface area (Å²) < 4.78 is 10.9. The topological polar surface area (TPSA) is 64.6 Å². The second kappa shape index (κ2) is 8.53. The Labute approximate surface area is 144 Å². The first-order valence-electron chi connectivity index (χ1n) is 6.72. The van der Waals surface area contributed by atoms with Crippen LogP contribution in [0.5, 0.6) is 0 Å². The van der Waals surface area contributed by atoms with Crippen molar-refractivity contribution in [2.24, 2.45) is 0 Å². The predicted molar refractivity (Wildman–Crippen MR) is 92.4 cm³/mol. The molecule has 1 aromatic heterocycles. The Hall–Kier alpha value is -1.08. The van der Waals surface area contributed by atoms with E-state index in [1.807, 2.05) is 5.32 Å². The van der Waals surface area contributed by atoms with Crippen LogP contribution in [0.15, 0.2) is 15.9 Å². The highest BCUT2D eigenvalue weighted by Gasteiger charge is 2.21. The molecule has 0 unspecified atom stereocenters. The summed E-state index contributed by atoms with van der Waals surface area (Å²) in [6.07, 6.45) is -1.62. The molecule has 0 saturated heterocycles. The molecule has 0 radical (unpaired) electrons. The molecule has 0 aliphatic carbocycles. The van der Waals surface area contributed by atoms with E-state index in [2.05, 4.69) is 34.3 Å². The maximum absolute atomic E-state index is 11.1. The van der Waals surface area contributed by atoms with Gasteiger partial charge >= 0.3 is 12.2 Å². The van der Waals surface area contributed by atoms with Crippen molar-refractivity contribution in [2.45, 2.75) is 59.7 Å². The van der Waals surface area contributed by atoms with Gasteiger partial charge in [-0.1, -0.05) is 0 Å². The molecule has 1 aromatic rings. The summed E-state index contributed by atoms with van der Waals surface area (Å²) in [6.45, 7) is 12.4. The minimum atomic E-state index is -0.809. The van der Waals surface area contributed by atoms with Crippen molar-refractivity contribution in [1.29, 1.82) is 0 Å². The summed E-state index contributed by atoms with van der Waals surface area (Å²) in [7, 11) is 0. The monoisotopic (exact) mass is 393 g/mol. The fourth-order valence-electron chi connectivity index (χ4n) is 1.10. The van der Waals surface area contributed by atoms with Crippen molar-refractivity contribution >= 4 is 39.5 Å². The molecule has 1 rings (SSSR count). The van der Waals surface area contributed by atoms with Crippen LogP contribution in [0, 0.1) is 6.92 Å². The van der Waals surface area contributed by atoms with Gasteiger partial charge in [0.25, 0.3) is 0 Å². The maximum atomic E-state index is 11.1. The number of thiophene rings is 1. The van der Waals surface area contributed by atoms with Gasteiger partial charge in [0.15, 0.2) is 0 Å². The maximum Gasteiger partial charge on any atom is 0.417 e. The lowest BCUT2D eigenvalue weighted by Gasteiger charge is -2.21. The first-order chi connectivity index (χ1) is 9.78. The Morgan fingerprint density at radius 3 is 1.64 bits per heavy atom. The highest BCUT2D eigenvalue weighted by Crippen LogP contribution is 2.17. The first-order valence-corrected chi connectivity index (χ1v) is 8.39. The number of hydrogen-bond acceptors (Lipinski definition) is 5. The Kier molecular flexibility index (Phi) is 8.11. The lowest BCUT2D eigenvalue weighted by molar-refractivity contribution is 0.0353. The summed E-state index contributed by atoms with van der Waals surface area (Å²) in [5.74, 6) is 0. The van der Waals surface area contributed by atoms with E-state index >= 15 is 0 Å². The molecule has 0 fully saturated rings. The van der Waals surface area contributed by atoms with Gasteiger partial charge in [0.05, 0.1) is 0 Å². The average Bonchev–Trinajstić information content (AvgIpc) is 2.56. The molecule has 1 heterocycles. The standard InChI is InChI=1S/C10H19NO4.C5H5BrS/c1-9(2,3)14-7(12)11-8(13)15-10(4,5)6;1-4-2-5(6)3-7-4/h1-6H3,(H,11,12,13);2-3H,1H3. The van der Waals surface area contributed by atoms with Gasteiger partial charge in [0, 0.05) is 14.7 Å². The zero-order chi connectivity index (χ0) is 17.6. The Morgan fingerprint density at radius 1 is 1.05 bits per heavy atom. The summed E-state index contributed by atoms with van der Waals surface area (Å²) in [5.41, 5.74) is -1.27. The average molecular weight is 394 g/mol. The number of ether oxygens (including phenoxy) is 2. The van der Waals surface area contributed by atoms with Crippen molar-refractivity contribution < 1.29 is 19.1 Å². The van der Waals surface area contributed by atoms with Crippen molar-refractivity contribution in [3.8, 4) is 0 Å². The summed E-state index contributed by atoms with van der Waals surface area (Å²) in [6, 6.07) is 2.10. The zero-order valence-electron chi connectivity index (χ0n) is 14.1. The molecule has 0 atom stereocenters. The third-order valence-corrected chi connectivity index (χ3v) is 3.32. The van der Waals surface area contributed by atoms with Crippen LogP contribution >= 0.6 is 27.3 Å². The Morgan fingerprint density at radius 2 is 1.45 bits per heavy atom. The molecule has 7 heteroatoms. The summed E-state index contributed by atoms with van der Waals surface area (Å²) in [4.78, 5) is 23.6. The number of hydrogen-bond donors (Lipinski definition) is 1. The molecule has 22 heavy (non-hydrogen) atoms. The lowest BCUT2D eigenvalue weighted by atomic mass is 10.2. The third kappa shape index (κ3) is 12.6. The molecular weight excluding hydrogens is 370 g/mol. The number of halogens is 1. The van der Waals surface area contributed by atoms with Crippen LogP contribution in [-0.4, -0.2) is 23.4 Å². The molecule has 0 aliphatic heterocycles. The number of nitrogens with one attached hydrogen (secondary N) is 1. The molecule has 2 amide bonds. The van der Waals surface area contributed by atoms with E-state index in [-0.39, 0.29) is 0 Å². The van der Waals surface area contributed by atoms with E-state index in [9.17, 15) is 9.59 Å². The molecule has 0 saturated carbocycles. The summed E-state index contributed by atoms with van der Waals surface area (Å²) in [5, 5.41) is 4.05. The normalized spacial score (nSPS) is 11.1. The number of carbonyl (C=O) groups is 2. The number of carbonyl (C=O) groups excluding carboxylic acids is 2. The molecule has 0 aliphatic rings. The van der Waals surface area contributed by atoms with Crippen molar-refractivity contribution in [3.05, 3.63) is 20.8 Å². The number of rotatable bonds is 0. The van der Waals surface area contributed by atoms with E-state index in [4.69, 9.17) is 9.47 Å². The second-order valence-electron chi connectivity index (χ2n) is 6.50. The minimum Gasteiger partial charge on any atom is -0.443 e. The van der Waals surface area contributed by atoms with E-state index in [0.29, 0.717) is 0 Å². The van der Waals surface area contributed by atoms with Gasteiger partial charge in [-0.25, -0.2) is 14.9 Å². The first kappa shape index (κ1) is 20.9. The van der Waals surface area contributed by atoms with Gasteiger partial charge in [0.1, 0.15) is 11.2 Å². The number of aryl methyl sites for hydroxylation is 1. The van der Waals surface area contributed by atoms with E-state index < -0.39 is 23.4 Å². The fraction of sp³-hybridized carbons (Fsp3) is 0.600. The molecule has 1 N–H and O–H groups in total. The Bertz CT molecular complexity index is 458. The van der Waals surface area contributed by atoms with Gasteiger partial charge in [-0.2, -0.15) is 0 Å². The van der Waals surface area contributed by atoms with Gasteiger partial charge in [-0.05, 0) is 70.5 Å². The third-order valence-electron chi connectivity index (χ3n) is 1.70. The smallest absolute Gasteiger partial charge is 0.417 e. The molecule has 5 nitrogen and oxygen atoms in total. The quantitative estimate of drug-likeness (QED) is 0.652. The lowest BCUT2D eigenvalue weighted by Crippen LogP contribution is -2.39. The largest absolute Gasteiger partial charge is 0.443 e. The predicted octanol–water partition coefficient (Wildman–Crippen LogP) is 5.27. The molecule has 0 spiro atoms. The fourth-order valence-corrected chi connectivity index (χ4v) is 2.44. The van der Waals surface area contributed by atoms with Crippen LogP contribution < -0.4 is 5.32 Å². The van der Waals surface area contributed by atoms with Crippen LogP contribution in [0.2, 0.25) is 0 Å². The van der Waals surface area contributed by atoms with Crippen molar-refractivity contribution in [1.82, 2.24) is 5.32 Å². The van der Waals surface area contributed by atoms with Gasteiger partial charge < -0.3 is 9.47 Å². The van der Waals surface area contributed by atoms with Crippen LogP contribution in [0.1, 0.15) is 46.4 Å². The molecular formula is C15H24BrNO4S. The Balaban J connectivity index is 0.000000518. The van der Waals surface area contributed by atoms with Crippen LogP contribution in [-0.2, 0) is 9.47 Å². The van der Waals surface area contributed by atoms with Gasteiger partial charge in [-0.3, -0.25) is 0 Å². The molecule has 0 aromatic carbocycles. The van der Waals surface area contributed by atoms with Crippen molar-refractivity contribution in [3.63, 3.8) is 0 Å². The highest BCUT2D eigenvalue weighted by molar-refractivity contribution is 9.10. The minimum absolute atomic E-state index is 0.633. The van der Waals surface area contributed by atoms with E-state index in [1.165, 1.54) is 9.35 Å². The van der Waals surface area contributed by atoms with E-state index in [1.54, 1.807) is 52.9 Å². The van der Waals surface area contributed by atoms with Crippen LogP contribution in [0.25, 0.3) is 0 Å². The molecule has 0 bridgehead atoms. The van der Waals surface area contributed by atoms with Gasteiger partial charge in [0.2, 0.25) is 0 Å². The number of amides is 2. The second-order valence-corrected chi connectivity index (χ2v) is 8.54. The zero-order valence-corrected chi connectivity index (χ0v) is 16.5. The van der Waals surface area contributed by atoms with Gasteiger partial charge in [-0.15, -0.1) is 11.3 Å². The highest BCUT2D eigenvalue weighted by atomic mass is 79.9. The SMILES string of the molecule is CC(C)(C)OC(=O)NC(=O)OC(C)(C)C.Cc1cc(Br)cs1.